The molecular weight excluding hydrogens is 326 g/mol. The summed E-state index contributed by atoms with van der Waals surface area (Å²) in [5, 5.41) is 6.25. The maximum absolute atomic E-state index is 11.8. The van der Waals surface area contributed by atoms with Crippen molar-refractivity contribution in [3.05, 3.63) is 23.1 Å². The average Bonchev–Trinajstić information content (AvgIpc) is 2.88. The van der Waals surface area contributed by atoms with Gasteiger partial charge in [0.15, 0.2) is 11.2 Å². The lowest BCUT2D eigenvalue weighted by molar-refractivity contribution is -0.122. The molecular formula is C17H19N3O3S. The summed E-state index contributed by atoms with van der Waals surface area (Å²) in [7, 11) is 0. The summed E-state index contributed by atoms with van der Waals surface area (Å²) in [5.41, 5.74) is 2.30. The fourth-order valence-corrected chi connectivity index (χ4v) is 3.33. The van der Waals surface area contributed by atoms with Gasteiger partial charge in [0.05, 0.1) is 11.4 Å². The quantitative estimate of drug-likeness (QED) is 0.887. The lowest BCUT2D eigenvalue weighted by Crippen LogP contribution is -2.34. The van der Waals surface area contributed by atoms with Crippen molar-refractivity contribution in [2.24, 2.45) is 0 Å². The number of rotatable bonds is 4. The number of ether oxygens (including phenoxy) is 1. The number of anilines is 2. The van der Waals surface area contributed by atoms with Gasteiger partial charge in [-0.2, -0.15) is 0 Å². The minimum absolute atomic E-state index is 0.0297. The van der Waals surface area contributed by atoms with E-state index in [1.165, 1.54) is 11.3 Å². The van der Waals surface area contributed by atoms with E-state index in [1.807, 2.05) is 32.0 Å². The second-order valence-corrected chi connectivity index (χ2v) is 6.89. The van der Waals surface area contributed by atoms with Crippen molar-refractivity contribution in [1.29, 1.82) is 0 Å². The molecule has 0 aliphatic carbocycles. The Kier molecular flexibility index (Phi) is 4.53. The van der Waals surface area contributed by atoms with Crippen LogP contribution < -0.4 is 15.4 Å². The maximum Gasteiger partial charge on any atom is 0.265 e. The Bertz CT molecular complexity index is 800. The number of hydrogen-bond acceptors (Lipinski definition) is 5. The summed E-state index contributed by atoms with van der Waals surface area (Å²) < 4.78 is 5.56. The lowest BCUT2D eigenvalue weighted by Gasteiger charge is -2.23. The van der Waals surface area contributed by atoms with E-state index in [2.05, 4.69) is 15.6 Å². The Balaban J connectivity index is 1.87. The summed E-state index contributed by atoms with van der Waals surface area (Å²) in [4.78, 5) is 29.0. The Morgan fingerprint density at radius 2 is 2.25 bits per heavy atom. The Labute approximate surface area is 144 Å². The molecule has 1 aliphatic rings. The van der Waals surface area contributed by atoms with E-state index in [0.29, 0.717) is 23.0 Å². The molecule has 0 unspecified atom stereocenters. The van der Waals surface area contributed by atoms with Gasteiger partial charge < -0.3 is 15.4 Å². The third kappa shape index (κ3) is 3.26. The number of nitrogens with one attached hydrogen (secondary N) is 2. The predicted octanol–water partition coefficient (Wildman–Crippen LogP) is 3.58. The molecule has 3 rings (SSSR count). The molecule has 0 bridgehead atoms. The molecule has 6 nitrogen and oxygen atoms in total. The van der Waals surface area contributed by atoms with Crippen molar-refractivity contribution in [2.45, 2.75) is 39.7 Å². The zero-order chi connectivity index (χ0) is 17.3. The molecule has 0 spiro atoms. The highest BCUT2D eigenvalue weighted by Crippen LogP contribution is 2.36. The van der Waals surface area contributed by atoms with Gasteiger partial charge in [-0.25, -0.2) is 4.98 Å². The summed E-state index contributed by atoms with van der Waals surface area (Å²) in [6.07, 6.45) is 0.783. The largest absolute Gasteiger partial charge is 0.479 e. The molecule has 24 heavy (non-hydrogen) atoms. The number of thiazole rings is 1. The molecule has 7 heteroatoms. The van der Waals surface area contributed by atoms with Crippen molar-refractivity contribution in [1.82, 2.24) is 4.98 Å². The molecule has 0 saturated carbocycles. The molecule has 0 fully saturated rings. The fraction of sp³-hybridized carbons (Fsp3) is 0.353. The van der Waals surface area contributed by atoms with Crippen LogP contribution in [0, 0.1) is 6.92 Å². The number of aryl methyl sites for hydroxylation is 1. The molecule has 0 saturated heterocycles. The van der Waals surface area contributed by atoms with Crippen LogP contribution in [0.4, 0.5) is 10.8 Å². The Morgan fingerprint density at radius 3 is 3.00 bits per heavy atom. The SMILES string of the molecule is CCCC(=O)Nc1nc(-c2ccc3c(c2)NC(=O)[C@H](C)O3)c(C)s1. The summed E-state index contributed by atoms with van der Waals surface area (Å²) in [5.74, 6) is 0.454. The molecule has 2 amide bonds. The third-order valence-corrected chi connectivity index (χ3v) is 4.59. The van der Waals surface area contributed by atoms with Crippen molar-refractivity contribution < 1.29 is 14.3 Å². The van der Waals surface area contributed by atoms with Crippen LogP contribution in [0.2, 0.25) is 0 Å². The highest BCUT2D eigenvalue weighted by molar-refractivity contribution is 7.16. The van der Waals surface area contributed by atoms with E-state index < -0.39 is 6.10 Å². The number of hydrogen-bond donors (Lipinski definition) is 2. The van der Waals surface area contributed by atoms with Gasteiger partial charge in [0.25, 0.3) is 5.91 Å². The van der Waals surface area contributed by atoms with Gasteiger partial charge in [-0.1, -0.05) is 6.92 Å². The molecule has 126 valence electrons. The smallest absolute Gasteiger partial charge is 0.265 e. The van der Waals surface area contributed by atoms with Crippen molar-refractivity contribution in [3.8, 4) is 17.0 Å². The maximum atomic E-state index is 11.8. The number of fused-ring (bicyclic) bond motifs is 1. The van der Waals surface area contributed by atoms with E-state index in [4.69, 9.17) is 4.74 Å². The van der Waals surface area contributed by atoms with Gasteiger partial charge in [0.1, 0.15) is 5.75 Å². The van der Waals surface area contributed by atoms with Crippen LogP contribution in [0.15, 0.2) is 18.2 Å². The van der Waals surface area contributed by atoms with E-state index in [-0.39, 0.29) is 11.8 Å². The molecule has 2 aromatic rings. The first-order valence-electron chi connectivity index (χ1n) is 7.87. The van der Waals surface area contributed by atoms with Gasteiger partial charge in [-0.3, -0.25) is 9.59 Å². The number of aromatic nitrogens is 1. The topological polar surface area (TPSA) is 80.3 Å². The molecule has 1 aromatic heterocycles. The van der Waals surface area contributed by atoms with Crippen LogP contribution in [0.25, 0.3) is 11.3 Å². The normalized spacial score (nSPS) is 16.1. The second kappa shape index (κ2) is 6.60. The predicted molar refractivity (Wildman–Crippen MR) is 94.5 cm³/mol. The summed E-state index contributed by atoms with van der Waals surface area (Å²) in [6, 6.07) is 5.58. The second-order valence-electron chi connectivity index (χ2n) is 5.68. The van der Waals surface area contributed by atoms with E-state index in [1.54, 1.807) is 6.92 Å². The minimum atomic E-state index is -0.496. The molecule has 1 aliphatic heterocycles. The summed E-state index contributed by atoms with van der Waals surface area (Å²) >= 11 is 1.44. The first-order chi connectivity index (χ1) is 11.5. The Hall–Kier alpha value is -2.41. The van der Waals surface area contributed by atoms with Crippen molar-refractivity contribution >= 4 is 34.0 Å². The van der Waals surface area contributed by atoms with Crippen LogP contribution in [-0.2, 0) is 9.59 Å². The van der Waals surface area contributed by atoms with Crippen LogP contribution >= 0.6 is 11.3 Å². The van der Waals surface area contributed by atoms with Crippen LogP contribution in [0.5, 0.6) is 5.75 Å². The van der Waals surface area contributed by atoms with E-state index >= 15 is 0 Å². The van der Waals surface area contributed by atoms with Gasteiger partial charge in [-0.15, -0.1) is 11.3 Å². The highest BCUT2D eigenvalue weighted by atomic mass is 32.1. The number of carbonyl (C=O) groups is 2. The average molecular weight is 345 g/mol. The standard InChI is InChI=1S/C17H19N3O3S/c1-4-5-14(21)19-17-20-15(10(3)24-17)11-6-7-13-12(8-11)18-16(22)9(2)23-13/h6-9H,4-5H2,1-3H3,(H,18,22)(H,19,20,21)/t9-/m0/s1. The van der Waals surface area contributed by atoms with Crippen molar-refractivity contribution in [3.63, 3.8) is 0 Å². The minimum Gasteiger partial charge on any atom is -0.479 e. The molecule has 2 heterocycles. The van der Waals surface area contributed by atoms with Gasteiger partial charge >= 0.3 is 0 Å². The zero-order valence-corrected chi connectivity index (χ0v) is 14.6. The van der Waals surface area contributed by atoms with Gasteiger partial charge in [-0.05, 0) is 38.5 Å². The third-order valence-electron chi connectivity index (χ3n) is 3.70. The number of carbonyl (C=O) groups excluding carboxylic acids is 2. The van der Waals surface area contributed by atoms with E-state index in [9.17, 15) is 9.59 Å². The highest BCUT2D eigenvalue weighted by Gasteiger charge is 2.24. The lowest BCUT2D eigenvalue weighted by atomic mass is 10.1. The van der Waals surface area contributed by atoms with Crippen molar-refractivity contribution in [2.75, 3.05) is 10.6 Å². The fourth-order valence-electron chi connectivity index (χ4n) is 2.48. The number of amides is 2. The summed E-state index contributed by atoms with van der Waals surface area (Å²) in [6.45, 7) is 5.63. The zero-order valence-electron chi connectivity index (χ0n) is 13.8. The van der Waals surface area contributed by atoms with E-state index in [0.717, 1.165) is 22.6 Å². The van der Waals surface area contributed by atoms with Gasteiger partial charge in [0, 0.05) is 16.9 Å². The molecule has 0 radical (unpaired) electrons. The first-order valence-corrected chi connectivity index (χ1v) is 8.68. The number of nitrogens with zero attached hydrogens (tertiary/aromatic N) is 1. The Morgan fingerprint density at radius 1 is 1.46 bits per heavy atom. The van der Waals surface area contributed by atoms with Crippen LogP contribution in [-0.4, -0.2) is 22.9 Å². The number of benzene rings is 1. The molecule has 1 atom stereocenters. The molecule has 1 aromatic carbocycles. The van der Waals surface area contributed by atoms with Crippen LogP contribution in [0.1, 0.15) is 31.6 Å². The first kappa shape index (κ1) is 16.4. The van der Waals surface area contributed by atoms with Crippen LogP contribution in [0.3, 0.4) is 0 Å². The monoisotopic (exact) mass is 345 g/mol. The van der Waals surface area contributed by atoms with Gasteiger partial charge in [0.2, 0.25) is 5.91 Å². The molecule has 2 N–H and O–H groups in total.